The van der Waals surface area contributed by atoms with Crippen molar-refractivity contribution in [1.29, 1.82) is 0 Å². The van der Waals surface area contributed by atoms with Crippen molar-refractivity contribution in [3.05, 3.63) is 46.2 Å². The molecular weight excluding hydrogens is 292 g/mol. The van der Waals surface area contributed by atoms with E-state index in [1.165, 1.54) is 16.8 Å². The Balaban J connectivity index is 2.29. The average Bonchev–Trinajstić information content (AvgIpc) is 2.93. The van der Waals surface area contributed by atoms with Crippen LogP contribution in [-0.2, 0) is 7.05 Å². The maximum absolute atomic E-state index is 13.5. The van der Waals surface area contributed by atoms with Crippen LogP contribution in [-0.4, -0.2) is 9.78 Å². The van der Waals surface area contributed by atoms with Crippen LogP contribution in [0.1, 0.15) is 5.56 Å². The lowest BCUT2D eigenvalue weighted by molar-refractivity contribution is 0.584. The number of hydrogen-bond donors (Lipinski definition) is 1. The lowest BCUT2D eigenvalue weighted by Crippen LogP contribution is -1.98. The van der Waals surface area contributed by atoms with Crippen LogP contribution in [0.15, 0.2) is 29.0 Å². The molecule has 0 atom stereocenters. The Morgan fingerprint density at radius 3 is 2.38 bits per heavy atom. The second-order valence-electron chi connectivity index (χ2n) is 4.86. The van der Waals surface area contributed by atoms with Crippen LogP contribution in [0, 0.1) is 18.6 Å². The average molecular weight is 305 g/mol. The van der Waals surface area contributed by atoms with Crippen LogP contribution in [0.25, 0.3) is 22.4 Å². The van der Waals surface area contributed by atoms with Crippen molar-refractivity contribution in [2.45, 2.75) is 6.92 Å². The van der Waals surface area contributed by atoms with Gasteiger partial charge in [0.15, 0.2) is 0 Å². The Bertz CT molecular complexity index is 800. The first kappa shape index (κ1) is 13.8. The quantitative estimate of drug-likeness (QED) is 0.778. The highest BCUT2D eigenvalue weighted by molar-refractivity contribution is 7.08. The fourth-order valence-electron chi connectivity index (χ4n) is 2.31. The van der Waals surface area contributed by atoms with E-state index in [2.05, 4.69) is 5.10 Å². The van der Waals surface area contributed by atoms with E-state index < -0.39 is 11.6 Å². The number of halogens is 2. The van der Waals surface area contributed by atoms with E-state index >= 15 is 0 Å². The molecule has 2 aromatic heterocycles. The summed E-state index contributed by atoms with van der Waals surface area (Å²) < 4.78 is 28.5. The second kappa shape index (κ2) is 4.96. The van der Waals surface area contributed by atoms with Crippen molar-refractivity contribution >= 4 is 17.2 Å². The maximum Gasteiger partial charge on any atom is 0.129 e. The zero-order valence-corrected chi connectivity index (χ0v) is 12.3. The zero-order chi connectivity index (χ0) is 15.1. The molecule has 0 unspecified atom stereocenters. The highest BCUT2D eigenvalue weighted by Gasteiger charge is 2.20. The summed E-state index contributed by atoms with van der Waals surface area (Å²) in [6.45, 7) is 1.96. The van der Waals surface area contributed by atoms with Gasteiger partial charge in [0.2, 0.25) is 0 Å². The molecule has 0 amide bonds. The van der Waals surface area contributed by atoms with E-state index in [0.29, 0.717) is 22.6 Å². The molecule has 0 aliphatic carbocycles. The predicted octanol–water partition coefficient (Wildman–Crippen LogP) is 3.98. The van der Waals surface area contributed by atoms with Crippen LogP contribution in [0.4, 0.5) is 14.6 Å². The Labute approximate surface area is 124 Å². The highest BCUT2D eigenvalue weighted by atomic mass is 32.1. The minimum atomic E-state index is -0.638. The zero-order valence-electron chi connectivity index (χ0n) is 11.5. The fraction of sp³-hybridized carbons (Fsp3) is 0.133. The van der Waals surface area contributed by atoms with Gasteiger partial charge < -0.3 is 5.73 Å². The smallest absolute Gasteiger partial charge is 0.129 e. The SMILES string of the molecule is Cc1cscc1-c1nn(C)c(N)c1-c1cc(F)cc(F)c1. The van der Waals surface area contributed by atoms with E-state index in [-0.39, 0.29) is 0 Å². The molecule has 0 bridgehead atoms. The van der Waals surface area contributed by atoms with Crippen LogP contribution in [0.2, 0.25) is 0 Å². The molecule has 3 aromatic rings. The van der Waals surface area contributed by atoms with Gasteiger partial charge in [-0.15, -0.1) is 0 Å². The molecule has 3 rings (SSSR count). The van der Waals surface area contributed by atoms with Crippen LogP contribution in [0.5, 0.6) is 0 Å². The molecule has 21 heavy (non-hydrogen) atoms. The van der Waals surface area contributed by atoms with Gasteiger partial charge >= 0.3 is 0 Å². The molecule has 0 fully saturated rings. The Morgan fingerprint density at radius 2 is 1.81 bits per heavy atom. The topological polar surface area (TPSA) is 43.8 Å². The second-order valence-corrected chi connectivity index (χ2v) is 5.60. The Kier molecular flexibility index (Phi) is 3.25. The van der Waals surface area contributed by atoms with Gasteiger partial charge in [-0.3, -0.25) is 4.68 Å². The fourth-order valence-corrected chi connectivity index (χ4v) is 3.14. The largest absolute Gasteiger partial charge is 0.383 e. The minimum Gasteiger partial charge on any atom is -0.383 e. The lowest BCUT2D eigenvalue weighted by Gasteiger charge is -2.05. The van der Waals surface area contributed by atoms with Gasteiger partial charge in [0.05, 0.1) is 5.56 Å². The van der Waals surface area contributed by atoms with Crippen molar-refractivity contribution in [2.24, 2.45) is 7.05 Å². The molecular formula is C15H13F2N3S. The molecule has 1 aromatic carbocycles. The summed E-state index contributed by atoms with van der Waals surface area (Å²) in [4.78, 5) is 0. The van der Waals surface area contributed by atoms with E-state index in [0.717, 1.165) is 17.2 Å². The third-order valence-electron chi connectivity index (χ3n) is 3.35. The molecule has 0 aliphatic heterocycles. The number of aryl methyl sites for hydroxylation is 2. The first-order valence-corrected chi connectivity index (χ1v) is 7.23. The summed E-state index contributed by atoms with van der Waals surface area (Å²) in [6, 6.07) is 3.37. The van der Waals surface area contributed by atoms with Gasteiger partial charge in [-0.25, -0.2) is 8.78 Å². The summed E-state index contributed by atoms with van der Waals surface area (Å²) >= 11 is 1.55. The lowest BCUT2D eigenvalue weighted by atomic mass is 10.0. The van der Waals surface area contributed by atoms with Gasteiger partial charge in [0.25, 0.3) is 0 Å². The van der Waals surface area contributed by atoms with Gasteiger partial charge in [-0.05, 0) is 35.6 Å². The van der Waals surface area contributed by atoms with Crippen molar-refractivity contribution in [3.63, 3.8) is 0 Å². The van der Waals surface area contributed by atoms with E-state index in [4.69, 9.17) is 5.73 Å². The summed E-state index contributed by atoms with van der Waals surface area (Å²) in [5.74, 6) is -0.900. The van der Waals surface area contributed by atoms with E-state index in [9.17, 15) is 8.78 Å². The molecule has 0 spiro atoms. The third kappa shape index (κ3) is 2.31. The minimum absolute atomic E-state index is 0.376. The Hall–Kier alpha value is -2.21. The molecule has 108 valence electrons. The molecule has 2 N–H and O–H groups in total. The number of nitrogens with zero attached hydrogens (tertiary/aromatic N) is 2. The van der Waals surface area contributed by atoms with Gasteiger partial charge in [-0.1, -0.05) is 0 Å². The number of aromatic nitrogens is 2. The van der Waals surface area contributed by atoms with Crippen LogP contribution < -0.4 is 5.73 Å². The summed E-state index contributed by atoms with van der Waals surface area (Å²) in [5.41, 5.74) is 9.60. The predicted molar refractivity (Wildman–Crippen MR) is 81.0 cm³/mol. The van der Waals surface area contributed by atoms with E-state index in [1.54, 1.807) is 18.4 Å². The van der Waals surface area contributed by atoms with Crippen LogP contribution in [0.3, 0.4) is 0 Å². The standard InChI is InChI=1S/C15H13F2N3S/c1-8-6-21-7-12(8)14-13(15(18)20(2)19-14)9-3-10(16)5-11(17)4-9/h3-7H,18H2,1-2H3. The summed E-state index contributed by atoms with van der Waals surface area (Å²) in [6.07, 6.45) is 0. The van der Waals surface area contributed by atoms with Crippen molar-refractivity contribution in [3.8, 4) is 22.4 Å². The monoisotopic (exact) mass is 305 g/mol. The molecule has 0 aliphatic rings. The van der Waals surface area contributed by atoms with Gasteiger partial charge in [0.1, 0.15) is 23.1 Å². The molecule has 0 saturated heterocycles. The number of thiophene rings is 1. The third-order valence-corrected chi connectivity index (χ3v) is 4.21. The summed E-state index contributed by atoms with van der Waals surface area (Å²) in [5, 5.41) is 8.35. The number of nitrogen functional groups attached to an aromatic ring is 1. The maximum atomic E-state index is 13.5. The van der Waals surface area contributed by atoms with E-state index in [1.807, 2.05) is 17.7 Å². The molecule has 0 saturated carbocycles. The highest BCUT2D eigenvalue weighted by Crippen LogP contribution is 2.38. The van der Waals surface area contributed by atoms with Crippen molar-refractivity contribution in [1.82, 2.24) is 9.78 Å². The van der Waals surface area contributed by atoms with Crippen LogP contribution >= 0.6 is 11.3 Å². The normalized spacial score (nSPS) is 11.0. The number of nitrogens with two attached hydrogens (primary N) is 1. The Morgan fingerprint density at radius 1 is 1.14 bits per heavy atom. The number of hydrogen-bond acceptors (Lipinski definition) is 3. The number of benzene rings is 1. The number of anilines is 1. The first-order chi connectivity index (χ1) is 9.97. The van der Waals surface area contributed by atoms with Crippen molar-refractivity contribution in [2.75, 3.05) is 5.73 Å². The number of rotatable bonds is 2. The van der Waals surface area contributed by atoms with Crippen molar-refractivity contribution < 1.29 is 8.78 Å². The molecule has 6 heteroatoms. The summed E-state index contributed by atoms with van der Waals surface area (Å²) in [7, 11) is 1.71. The molecule has 3 nitrogen and oxygen atoms in total. The van der Waals surface area contributed by atoms with Gasteiger partial charge in [-0.2, -0.15) is 16.4 Å². The first-order valence-electron chi connectivity index (χ1n) is 6.29. The molecule has 2 heterocycles. The molecule has 0 radical (unpaired) electrons. The van der Waals surface area contributed by atoms with Gasteiger partial charge in [0, 0.05) is 24.1 Å².